The first kappa shape index (κ1) is 22.4. The zero-order valence-corrected chi connectivity index (χ0v) is 19.0. The van der Waals surface area contributed by atoms with E-state index in [0.717, 1.165) is 21.3 Å². The quantitative estimate of drug-likeness (QED) is 0.389. The molecule has 0 aliphatic heterocycles. The average molecular weight is 495 g/mol. The fraction of sp³-hybridized carbons (Fsp3) is 0.217. The number of rotatable bonds is 9. The molecule has 0 heterocycles. The van der Waals surface area contributed by atoms with E-state index < -0.39 is 5.82 Å². The molecule has 0 spiro atoms. The molecule has 3 aromatic rings. The molecule has 0 bridgehead atoms. The Morgan fingerprint density at radius 1 is 0.967 bits per heavy atom. The summed E-state index contributed by atoms with van der Waals surface area (Å²) in [6, 6.07) is 16.2. The maximum Gasteiger partial charge on any atom is 0.162 e. The van der Waals surface area contributed by atoms with Crippen LogP contribution in [0.3, 0.4) is 0 Å². The molecule has 0 radical (unpaired) electrons. The van der Waals surface area contributed by atoms with Crippen molar-refractivity contribution in [3.63, 3.8) is 0 Å². The first-order valence-corrected chi connectivity index (χ1v) is 10.4. The second-order valence-corrected chi connectivity index (χ2v) is 7.80. The summed E-state index contributed by atoms with van der Waals surface area (Å²) in [7, 11) is 3.22. The van der Waals surface area contributed by atoms with Crippen molar-refractivity contribution in [3.8, 4) is 17.2 Å². The molecule has 0 saturated heterocycles. The number of hydrogen-bond acceptors (Lipinski definition) is 4. The van der Waals surface area contributed by atoms with Crippen molar-refractivity contribution in [3.05, 3.63) is 86.6 Å². The summed E-state index contributed by atoms with van der Waals surface area (Å²) in [6.45, 7) is 1.34. The topological polar surface area (TPSA) is 39.7 Å². The van der Waals surface area contributed by atoms with Gasteiger partial charge in [-0.25, -0.2) is 4.39 Å². The fourth-order valence-electron chi connectivity index (χ4n) is 2.89. The predicted octanol–water partition coefficient (Wildman–Crippen LogP) is 6.13. The summed E-state index contributed by atoms with van der Waals surface area (Å²) in [5, 5.41) is 3.73. The second-order valence-electron chi connectivity index (χ2n) is 6.53. The maximum absolute atomic E-state index is 14.0. The Hall–Kier alpha value is -2.28. The van der Waals surface area contributed by atoms with Crippen LogP contribution in [0.2, 0.25) is 5.02 Å². The van der Waals surface area contributed by atoms with E-state index in [-0.39, 0.29) is 6.61 Å². The number of halogens is 3. The lowest BCUT2D eigenvalue weighted by atomic mass is 10.1. The number of nitrogens with one attached hydrogen (secondary N) is 1. The van der Waals surface area contributed by atoms with Gasteiger partial charge in [-0.2, -0.15) is 0 Å². The van der Waals surface area contributed by atoms with Gasteiger partial charge in [0.25, 0.3) is 0 Å². The molecule has 4 nitrogen and oxygen atoms in total. The maximum atomic E-state index is 14.0. The molecule has 1 N–H and O–H groups in total. The zero-order chi connectivity index (χ0) is 21.5. The minimum absolute atomic E-state index is 0.00335. The number of hydrogen-bond donors (Lipinski definition) is 1. The highest BCUT2D eigenvalue weighted by Gasteiger charge is 2.13. The van der Waals surface area contributed by atoms with E-state index in [1.54, 1.807) is 26.4 Å². The Bertz CT molecular complexity index is 978. The van der Waals surface area contributed by atoms with Crippen molar-refractivity contribution in [1.82, 2.24) is 5.32 Å². The van der Waals surface area contributed by atoms with Crippen molar-refractivity contribution in [2.24, 2.45) is 0 Å². The van der Waals surface area contributed by atoms with Gasteiger partial charge in [0.2, 0.25) is 0 Å². The first-order valence-electron chi connectivity index (χ1n) is 9.27. The van der Waals surface area contributed by atoms with E-state index in [2.05, 4.69) is 21.2 Å². The molecule has 0 aliphatic rings. The molecule has 0 aliphatic carbocycles. The van der Waals surface area contributed by atoms with Crippen LogP contribution in [-0.4, -0.2) is 14.2 Å². The van der Waals surface area contributed by atoms with Gasteiger partial charge in [-0.15, -0.1) is 0 Å². The molecule has 0 atom stereocenters. The molecular formula is C23H22BrClFNO3. The lowest BCUT2D eigenvalue weighted by Gasteiger charge is -2.15. The highest BCUT2D eigenvalue weighted by atomic mass is 79.9. The third-order valence-electron chi connectivity index (χ3n) is 4.57. The van der Waals surface area contributed by atoms with E-state index in [4.69, 9.17) is 25.8 Å². The van der Waals surface area contributed by atoms with Crippen molar-refractivity contribution < 1.29 is 18.6 Å². The Labute approximate surface area is 189 Å². The van der Waals surface area contributed by atoms with Gasteiger partial charge in [-0.1, -0.05) is 45.7 Å². The molecule has 3 rings (SSSR count). The van der Waals surface area contributed by atoms with Crippen LogP contribution < -0.4 is 19.5 Å². The van der Waals surface area contributed by atoms with Crippen molar-refractivity contribution in [1.29, 1.82) is 0 Å². The SMILES string of the molecule is COc1ccc(CNCc2cc(OC)c(OCc3c(F)cccc3Cl)cc2Br)cc1. The third-order valence-corrected chi connectivity index (χ3v) is 5.66. The van der Waals surface area contributed by atoms with Crippen LogP contribution >= 0.6 is 27.5 Å². The van der Waals surface area contributed by atoms with Gasteiger partial charge in [-0.05, 0) is 47.5 Å². The average Bonchev–Trinajstić information content (AvgIpc) is 2.75. The van der Waals surface area contributed by atoms with Gasteiger partial charge in [0.1, 0.15) is 18.2 Å². The van der Waals surface area contributed by atoms with Crippen molar-refractivity contribution >= 4 is 27.5 Å². The summed E-state index contributed by atoms with van der Waals surface area (Å²) >= 11 is 9.65. The molecule has 0 unspecified atom stereocenters. The molecule has 3 aromatic carbocycles. The monoisotopic (exact) mass is 493 g/mol. The van der Waals surface area contributed by atoms with Crippen LogP contribution in [0, 0.1) is 5.82 Å². The smallest absolute Gasteiger partial charge is 0.162 e. The third kappa shape index (κ3) is 5.65. The normalized spacial score (nSPS) is 10.7. The number of benzene rings is 3. The van der Waals surface area contributed by atoms with E-state index in [1.165, 1.54) is 6.07 Å². The minimum atomic E-state index is -0.403. The predicted molar refractivity (Wildman–Crippen MR) is 120 cm³/mol. The summed E-state index contributed by atoms with van der Waals surface area (Å²) in [5.41, 5.74) is 2.47. The highest BCUT2D eigenvalue weighted by molar-refractivity contribution is 9.10. The van der Waals surface area contributed by atoms with Gasteiger partial charge < -0.3 is 19.5 Å². The van der Waals surface area contributed by atoms with Crippen LogP contribution in [0.5, 0.6) is 17.2 Å². The Morgan fingerprint density at radius 2 is 1.73 bits per heavy atom. The van der Waals surface area contributed by atoms with E-state index in [0.29, 0.717) is 35.2 Å². The molecule has 158 valence electrons. The lowest BCUT2D eigenvalue weighted by molar-refractivity contribution is 0.279. The van der Waals surface area contributed by atoms with Gasteiger partial charge >= 0.3 is 0 Å². The molecule has 7 heteroatoms. The van der Waals surface area contributed by atoms with Crippen LogP contribution in [-0.2, 0) is 19.7 Å². The van der Waals surface area contributed by atoms with Crippen molar-refractivity contribution in [2.45, 2.75) is 19.7 Å². The largest absolute Gasteiger partial charge is 0.497 e. The van der Waals surface area contributed by atoms with E-state index >= 15 is 0 Å². The Kier molecular flexibility index (Phi) is 7.96. The Morgan fingerprint density at radius 3 is 2.40 bits per heavy atom. The number of ether oxygens (including phenoxy) is 3. The van der Waals surface area contributed by atoms with E-state index in [9.17, 15) is 4.39 Å². The van der Waals surface area contributed by atoms with Crippen LogP contribution in [0.1, 0.15) is 16.7 Å². The van der Waals surface area contributed by atoms with Crippen molar-refractivity contribution in [2.75, 3.05) is 14.2 Å². The molecule has 0 amide bonds. The zero-order valence-electron chi connectivity index (χ0n) is 16.7. The summed E-state index contributed by atoms with van der Waals surface area (Å²) in [6.07, 6.45) is 0. The van der Waals surface area contributed by atoms with Gasteiger partial charge in [0.15, 0.2) is 11.5 Å². The molecule has 30 heavy (non-hydrogen) atoms. The summed E-state index contributed by atoms with van der Waals surface area (Å²) < 4.78 is 31.3. The Balaban J connectivity index is 1.65. The van der Waals surface area contributed by atoms with Gasteiger partial charge in [-0.3, -0.25) is 0 Å². The fourth-order valence-corrected chi connectivity index (χ4v) is 3.57. The van der Waals surface area contributed by atoms with Crippen LogP contribution in [0.4, 0.5) is 4.39 Å². The van der Waals surface area contributed by atoms with Crippen LogP contribution in [0.15, 0.2) is 59.1 Å². The molecule has 0 fully saturated rings. The van der Waals surface area contributed by atoms with Gasteiger partial charge in [0.05, 0.1) is 19.2 Å². The standard InChI is InChI=1S/C23H22BrClFNO3/c1-28-17-8-6-15(7-9-17)12-27-13-16-10-22(29-2)23(11-19(16)24)30-14-18-20(25)4-3-5-21(18)26/h3-11,27H,12-14H2,1-2H3. The second kappa shape index (κ2) is 10.7. The van der Waals surface area contributed by atoms with E-state index in [1.807, 2.05) is 36.4 Å². The van der Waals surface area contributed by atoms with Gasteiger partial charge in [0, 0.05) is 23.1 Å². The lowest BCUT2D eigenvalue weighted by Crippen LogP contribution is -2.13. The number of methoxy groups -OCH3 is 2. The molecule has 0 saturated carbocycles. The highest BCUT2D eigenvalue weighted by Crippen LogP contribution is 2.34. The minimum Gasteiger partial charge on any atom is -0.497 e. The summed E-state index contributed by atoms with van der Waals surface area (Å²) in [5.74, 6) is 1.49. The van der Waals surface area contributed by atoms with Crippen LogP contribution in [0.25, 0.3) is 0 Å². The summed E-state index contributed by atoms with van der Waals surface area (Å²) in [4.78, 5) is 0. The first-order chi connectivity index (χ1) is 14.5. The molecule has 0 aromatic heterocycles. The molecular weight excluding hydrogens is 473 g/mol.